The van der Waals surface area contributed by atoms with Gasteiger partial charge in [-0.05, 0) is 65.8 Å². The zero-order valence-electron chi connectivity index (χ0n) is 11.4. The lowest BCUT2D eigenvalue weighted by molar-refractivity contribution is 0.241. The first-order valence-electron chi connectivity index (χ1n) is 6.14. The summed E-state index contributed by atoms with van der Waals surface area (Å²) in [6.45, 7) is 3.92. The minimum absolute atomic E-state index is 0.0922. The molecule has 110 valence electrons. The van der Waals surface area contributed by atoms with Crippen LogP contribution in [0.15, 0.2) is 38.8 Å². The fourth-order valence-electron chi connectivity index (χ4n) is 1.53. The lowest BCUT2D eigenvalue weighted by Crippen LogP contribution is -2.18. The van der Waals surface area contributed by atoms with E-state index in [1.807, 2.05) is 32.0 Å². The largest absolute Gasteiger partial charge is 0.490 e. The number of nitrogens with zero attached hydrogens (tertiary/aromatic N) is 3. The van der Waals surface area contributed by atoms with Crippen LogP contribution in [0.25, 0.3) is 0 Å². The summed E-state index contributed by atoms with van der Waals surface area (Å²) in [7, 11) is 0. The van der Waals surface area contributed by atoms with Gasteiger partial charge in [0.1, 0.15) is 11.9 Å². The molecular formula is C13H13BrN4O2S. The van der Waals surface area contributed by atoms with Crippen molar-refractivity contribution in [3.8, 4) is 5.75 Å². The van der Waals surface area contributed by atoms with E-state index in [0.29, 0.717) is 0 Å². The maximum absolute atomic E-state index is 11.6. The van der Waals surface area contributed by atoms with Crippen molar-refractivity contribution in [1.82, 2.24) is 14.9 Å². The Bertz CT molecular complexity index is 754. The van der Waals surface area contributed by atoms with E-state index in [1.165, 1.54) is 6.21 Å². The molecule has 0 spiro atoms. The number of halogens is 1. The SMILES string of the molecule is CC(C)Oc1ccc(/C=N\n2c(=O)cn[nH]c2=S)cc1Br. The van der Waals surface area contributed by atoms with Gasteiger partial charge in [0.25, 0.3) is 5.56 Å². The highest BCUT2D eigenvalue weighted by molar-refractivity contribution is 9.10. The van der Waals surface area contributed by atoms with E-state index in [0.717, 1.165) is 26.7 Å². The van der Waals surface area contributed by atoms with Crippen molar-refractivity contribution >= 4 is 34.4 Å². The Morgan fingerprint density at radius 1 is 1.52 bits per heavy atom. The van der Waals surface area contributed by atoms with E-state index in [9.17, 15) is 4.79 Å². The number of hydrogen-bond acceptors (Lipinski definition) is 5. The first kappa shape index (κ1) is 15.6. The molecule has 0 saturated carbocycles. The molecule has 6 nitrogen and oxygen atoms in total. The fourth-order valence-corrected chi connectivity index (χ4v) is 2.21. The third kappa shape index (κ3) is 4.08. The van der Waals surface area contributed by atoms with Gasteiger partial charge in [-0.15, -0.1) is 0 Å². The van der Waals surface area contributed by atoms with E-state index in [2.05, 4.69) is 31.2 Å². The van der Waals surface area contributed by atoms with Crippen molar-refractivity contribution in [2.24, 2.45) is 5.10 Å². The normalized spacial score (nSPS) is 11.2. The number of aromatic amines is 1. The first-order valence-corrected chi connectivity index (χ1v) is 7.35. The molecule has 21 heavy (non-hydrogen) atoms. The van der Waals surface area contributed by atoms with Gasteiger partial charge in [0.2, 0.25) is 4.77 Å². The van der Waals surface area contributed by atoms with E-state index < -0.39 is 5.56 Å². The second kappa shape index (κ2) is 6.77. The predicted molar refractivity (Wildman–Crippen MR) is 86.6 cm³/mol. The second-order valence-corrected chi connectivity index (χ2v) is 5.67. The Kier molecular flexibility index (Phi) is 5.03. The van der Waals surface area contributed by atoms with Gasteiger partial charge in [-0.25, -0.2) is 0 Å². The summed E-state index contributed by atoms with van der Waals surface area (Å²) in [4.78, 5) is 11.6. The molecular weight excluding hydrogens is 356 g/mol. The molecule has 8 heteroatoms. The molecule has 1 heterocycles. The third-order valence-electron chi connectivity index (χ3n) is 2.38. The summed E-state index contributed by atoms with van der Waals surface area (Å²) in [5, 5.41) is 10.1. The summed E-state index contributed by atoms with van der Waals surface area (Å²) < 4.78 is 7.64. The van der Waals surface area contributed by atoms with Crippen LogP contribution in [-0.4, -0.2) is 27.2 Å². The maximum atomic E-state index is 11.6. The number of benzene rings is 1. The van der Waals surface area contributed by atoms with Crippen LogP contribution in [0.1, 0.15) is 19.4 Å². The van der Waals surface area contributed by atoms with Crippen molar-refractivity contribution < 1.29 is 4.74 Å². The monoisotopic (exact) mass is 368 g/mol. The van der Waals surface area contributed by atoms with Crippen LogP contribution in [0, 0.1) is 4.77 Å². The number of H-pyrrole nitrogens is 1. The van der Waals surface area contributed by atoms with E-state index in [1.54, 1.807) is 0 Å². The van der Waals surface area contributed by atoms with Crippen LogP contribution in [0.2, 0.25) is 0 Å². The van der Waals surface area contributed by atoms with Crippen LogP contribution in [-0.2, 0) is 0 Å². The average molecular weight is 369 g/mol. The third-order valence-corrected chi connectivity index (χ3v) is 3.26. The molecule has 0 aliphatic carbocycles. The molecule has 0 fully saturated rings. The first-order chi connectivity index (χ1) is 9.97. The van der Waals surface area contributed by atoms with Crippen LogP contribution in [0.5, 0.6) is 5.75 Å². The summed E-state index contributed by atoms with van der Waals surface area (Å²) in [5.74, 6) is 0.750. The van der Waals surface area contributed by atoms with Gasteiger partial charge in [0.05, 0.1) is 16.8 Å². The van der Waals surface area contributed by atoms with E-state index in [-0.39, 0.29) is 10.9 Å². The van der Waals surface area contributed by atoms with Gasteiger partial charge in [-0.2, -0.15) is 14.9 Å². The molecule has 0 radical (unpaired) electrons. The van der Waals surface area contributed by atoms with Crippen molar-refractivity contribution in [1.29, 1.82) is 0 Å². The molecule has 0 amide bonds. The summed E-state index contributed by atoms with van der Waals surface area (Å²) in [6.07, 6.45) is 2.74. The zero-order chi connectivity index (χ0) is 15.4. The van der Waals surface area contributed by atoms with E-state index >= 15 is 0 Å². The highest BCUT2D eigenvalue weighted by Gasteiger charge is 2.04. The van der Waals surface area contributed by atoms with Crippen molar-refractivity contribution in [3.05, 3.63) is 49.6 Å². The van der Waals surface area contributed by atoms with Crippen molar-refractivity contribution in [2.75, 3.05) is 0 Å². The van der Waals surface area contributed by atoms with Crippen LogP contribution >= 0.6 is 28.1 Å². The molecule has 0 aliphatic rings. The van der Waals surface area contributed by atoms with Gasteiger partial charge < -0.3 is 4.74 Å². The predicted octanol–water partition coefficient (Wildman–Crippen LogP) is 2.73. The lowest BCUT2D eigenvalue weighted by Gasteiger charge is -2.11. The van der Waals surface area contributed by atoms with Gasteiger partial charge in [-0.3, -0.25) is 9.89 Å². The van der Waals surface area contributed by atoms with Gasteiger partial charge in [-0.1, -0.05) is 0 Å². The fraction of sp³-hybridized carbons (Fsp3) is 0.231. The molecule has 1 N–H and O–H groups in total. The molecule has 1 aromatic carbocycles. The van der Waals surface area contributed by atoms with Gasteiger partial charge >= 0.3 is 0 Å². The smallest absolute Gasteiger partial charge is 0.293 e. The number of aromatic nitrogens is 3. The van der Waals surface area contributed by atoms with Gasteiger partial charge in [0.15, 0.2) is 0 Å². The molecule has 2 rings (SSSR count). The molecule has 0 aliphatic heterocycles. The quantitative estimate of drug-likeness (QED) is 0.665. The minimum Gasteiger partial charge on any atom is -0.490 e. The number of ether oxygens (including phenoxy) is 1. The Labute approximate surface area is 134 Å². The summed E-state index contributed by atoms with van der Waals surface area (Å²) in [6, 6.07) is 5.52. The minimum atomic E-state index is -0.395. The van der Waals surface area contributed by atoms with Crippen molar-refractivity contribution in [2.45, 2.75) is 20.0 Å². The van der Waals surface area contributed by atoms with E-state index in [4.69, 9.17) is 17.0 Å². The number of hydrogen-bond donors (Lipinski definition) is 1. The molecule has 2 aromatic rings. The average Bonchev–Trinajstić information content (AvgIpc) is 2.41. The number of rotatable bonds is 4. The Hall–Kier alpha value is -1.80. The Morgan fingerprint density at radius 2 is 2.29 bits per heavy atom. The Balaban J connectivity index is 2.28. The maximum Gasteiger partial charge on any atom is 0.293 e. The highest BCUT2D eigenvalue weighted by Crippen LogP contribution is 2.26. The van der Waals surface area contributed by atoms with Gasteiger partial charge in [0, 0.05) is 0 Å². The molecule has 1 aromatic heterocycles. The Morgan fingerprint density at radius 3 is 2.90 bits per heavy atom. The standard InChI is InChI=1S/C13H13BrN4O2S/c1-8(2)20-11-4-3-9(5-10(11)14)6-16-18-12(19)7-15-17-13(18)21/h3-8H,1-2H3,(H,17,21)/b16-6-. The van der Waals surface area contributed by atoms with Crippen LogP contribution in [0.3, 0.4) is 0 Å². The lowest BCUT2D eigenvalue weighted by atomic mass is 10.2. The molecule has 0 bridgehead atoms. The molecule has 0 saturated heterocycles. The molecule has 0 unspecified atom stereocenters. The molecule has 0 atom stereocenters. The zero-order valence-corrected chi connectivity index (χ0v) is 13.8. The summed E-state index contributed by atoms with van der Waals surface area (Å²) >= 11 is 8.39. The second-order valence-electron chi connectivity index (χ2n) is 4.43. The van der Waals surface area contributed by atoms with Crippen LogP contribution < -0.4 is 10.3 Å². The number of nitrogens with one attached hydrogen (secondary N) is 1. The highest BCUT2D eigenvalue weighted by atomic mass is 79.9. The topological polar surface area (TPSA) is 72.3 Å². The van der Waals surface area contributed by atoms with Crippen molar-refractivity contribution in [3.63, 3.8) is 0 Å². The summed E-state index contributed by atoms with van der Waals surface area (Å²) in [5.41, 5.74) is 0.407. The van der Waals surface area contributed by atoms with Crippen LogP contribution in [0.4, 0.5) is 0 Å².